The van der Waals surface area contributed by atoms with Gasteiger partial charge in [-0.15, -0.1) is 0 Å². The van der Waals surface area contributed by atoms with Crippen LogP contribution in [-0.4, -0.2) is 40.3 Å². The minimum absolute atomic E-state index is 0.0429. The average Bonchev–Trinajstić information content (AvgIpc) is 3.25. The van der Waals surface area contributed by atoms with E-state index >= 15 is 0 Å². The van der Waals surface area contributed by atoms with Gasteiger partial charge in [0.05, 0.1) is 42.5 Å². The van der Waals surface area contributed by atoms with Crippen LogP contribution in [0, 0.1) is 12.7 Å². The van der Waals surface area contributed by atoms with Crippen molar-refractivity contribution in [1.29, 1.82) is 0 Å². The third-order valence-electron chi connectivity index (χ3n) is 6.81. The molecular formula is C24H26F4N4O3. The van der Waals surface area contributed by atoms with Crippen molar-refractivity contribution in [2.24, 2.45) is 0 Å². The maximum atomic E-state index is 14.8. The molecule has 188 valence electrons. The summed E-state index contributed by atoms with van der Waals surface area (Å²) in [5.74, 6) is -0.695. The molecule has 1 aromatic heterocycles. The summed E-state index contributed by atoms with van der Waals surface area (Å²) in [6.45, 7) is 3.91. The highest BCUT2D eigenvalue weighted by atomic mass is 19.3. The first-order valence-electron chi connectivity index (χ1n) is 11.5. The van der Waals surface area contributed by atoms with Crippen LogP contribution in [-0.2, 0) is 20.7 Å². The van der Waals surface area contributed by atoms with Crippen LogP contribution in [0.3, 0.4) is 0 Å². The number of benzene rings is 1. The first-order chi connectivity index (χ1) is 16.6. The molecule has 2 heterocycles. The molecule has 6 rings (SSSR count). The highest BCUT2D eigenvalue weighted by Crippen LogP contribution is 2.62. The lowest BCUT2D eigenvalue weighted by Crippen LogP contribution is -2.76. The lowest BCUT2D eigenvalue weighted by Gasteiger charge is -2.65. The number of anilines is 1. The van der Waals surface area contributed by atoms with E-state index in [0.29, 0.717) is 49.6 Å². The highest BCUT2D eigenvalue weighted by molar-refractivity contribution is 5.80. The molecule has 2 N–H and O–H groups in total. The normalized spacial score (nSPS) is 26.3. The summed E-state index contributed by atoms with van der Waals surface area (Å²) < 4.78 is 66.3. The number of hydrogen-bond donors (Lipinski definition) is 2. The molecule has 11 heteroatoms. The zero-order valence-electron chi connectivity index (χ0n) is 19.3. The minimum Gasteiger partial charge on any atom is -0.363 e. The minimum atomic E-state index is -2.95. The van der Waals surface area contributed by atoms with Crippen LogP contribution >= 0.6 is 0 Å². The molecule has 7 nitrogen and oxygen atoms in total. The number of nitrogens with one attached hydrogen (secondary N) is 2. The summed E-state index contributed by atoms with van der Waals surface area (Å²) in [4.78, 5) is 21.7. The van der Waals surface area contributed by atoms with E-state index in [4.69, 9.17) is 9.47 Å². The number of aromatic nitrogens is 2. The maximum absolute atomic E-state index is 14.8. The number of carbonyl (C=O) groups excluding carboxylic acids is 1. The van der Waals surface area contributed by atoms with E-state index < -0.39 is 41.3 Å². The number of aryl methyl sites for hydroxylation is 1. The third-order valence-corrected chi connectivity index (χ3v) is 6.81. The summed E-state index contributed by atoms with van der Waals surface area (Å²) >= 11 is 0. The van der Waals surface area contributed by atoms with Crippen molar-refractivity contribution in [3.8, 4) is 0 Å². The number of alkyl halides is 3. The van der Waals surface area contributed by atoms with E-state index in [9.17, 15) is 22.4 Å². The predicted molar refractivity (Wildman–Crippen MR) is 117 cm³/mol. The summed E-state index contributed by atoms with van der Waals surface area (Å²) in [6.07, 6.45) is -2.94. The van der Waals surface area contributed by atoms with Crippen LogP contribution in [0.2, 0.25) is 0 Å². The molecule has 1 atom stereocenters. The fraction of sp³-hybridized carbons (Fsp3) is 0.542. The fourth-order valence-corrected chi connectivity index (χ4v) is 5.30. The zero-order chi connectivity index (χ0) is 25.0. The Kier molecular flexibility index (Phi) is 5.95. The molecule has 1 aromatic carbocycles. The molecule has 2 aromatic rings. The molecule has 1 saturated heterocycles. The molecule has 3 aliphatic carbocycles. The van der Waals surface area contributed by atoms with Gasteiger partial charge in [-0.25, -0.2) is 27.5 Å². The van der Waals surface area contributed by atoms with Gasteiger partial charge in [-0.2, -0.15) is 0 Å². The first kappa shape index (κ1) is 23.9. The smallest absolute Gasteiger partial charge is 0.266 e. The molecule has 1 aliphatic heterocycles. The molecule has 1 amide bonds. The van der Waals surface area contributed by atoms with Gasteiger partial charge in [0.2, 0.25) is 5.91 Å². The molecular weight excluding hydrogens is 468 g/mol. The van der Waals surface area contributed by atoms with Crippen molar-refractivity contribution in [3.05, 3.63) is 52.2 Å². The molecule has 2 bridgehead atoms. The molecule has 0 spiro atoms. The van der Waals surface area contributed by atoms with Gasteiger partial charge in [0.25, 0.3) is 6.43 Å². The molecule has 35 heavy (non-hydrogen) atoms. The number of rotatable bonds is 8. The van der Waals surface area contributed by atoms with Gasteiger partial charge >= 0.3 is 0 Å². The summed E-state index contributed by atoms with van der Waals surface area (Å²) in [5.41, 5.74) is -1.50. The van der Waals surface area contributed by atoms with Crippen molar-refractivity contribution in [2.75, 3.05) is 18.5 Å². The van der Waals surface area contributed by atoms with Crippen LogP contribution in [0.25, 0.3) is 0 Å². The summed E-state index contributed by atoms with van der Waals surface area (Å²) in [5, 5.41) is 5.99. The Hall–Kier alpha value is -2.79. The number of amides is 1. The fourth-order valence-electron chi connectivity index (χ4n) is 5.30. The van der Waals surface area contributed by atoms with Crippen LogP contribution < -0.4 is 10.6 Å². The zero-order valence-corrected chi connectivity index (χ0v) is 19.3. The standard InChI is InChI=1S/C24H26F4N4O3/c1-12(14-4-3-5-15(19(14)25)20(26)27)29-21-18(22-34-6-7-35-22)16(30-13(2)31-21)8-17(33)32-24-9-23(28,10-24)11-24/h3-5,12,20,22H,6-11H2,1-2H3,(H,32,33)(H,29,30,31)/t12-,23?,24?/m1/s1. The van der Waals surface area contributed by atoms with Crippen LogP contribution in [0.1, 0.15) is 73.2 Å². The predicted octanol–water partition coefficient (Wildman–Crippen LogP) is 4.38. The van der Waals surface area contributed by atoms with Crippen molar-refractivity contribution in [3.63, 3.8) is 0 Å². The van der Waals surface area contributed by atoms with Gasteiger partial charge in [0.15, 0.2) is 6.29 Å². The van der Waals surface area contributed by atoms with Crippen molar-refractivity contribution < 1.29 is 31.8 Å². The van der Waals surface area contributed by atoms with Gasteiger partial charge in [0, 0.05) is 30.4 Å². The summed E-state index contributed by atoms with van der Waals surface area (Å²) in [7, 11) is 0. The van der Waals surface area contributed by atoms with E-state index in [0.717, 1.165) is 6.07 Å². The second-order valence-corrected chi connectivity index (χ2v) is 9.66. The quantitative estimate of drug-likeness (QED) is 0.530. The maximum Gasteiger partial charge on any atom is 0.266 e. The van der Waals surface area contributed by atoms with Gasteiger partial charge < -0.3 is 20.1 Å². The van der Waals surface area contributed by atoms with Gasteiger partial charge in [-0.1, -0.05) is 18.2 Å². The summed E-state index contributed by atoms with van der Waals surface area (Å²) in [6, 6.07) is 3.09. The van der Waals surface area contributed by atoms with E-state index in [1.165, 1.54) is 12.1 Å². The Bertz CT molecular complexity index is 1140. The first-order valence-corrected chi connectivity index (χ1v) is 11.5. The van der Waals surface area contributed by atoms with Crippen molar-refractivity contribution >= 4 is 11.7 Å². The lowest BCUT2D eigenvalue weighted by molar-refractivity contribution is -0.174. The topological polar surface area (TPSA) is 85.4 Å². The van der Waals surface area contributed by atoms with Crippen LogP contribution in [0.5, 0.6) is 0 Å². The van der Waals surface area contributed by atoms with Gasteiger partial charge in [-0.05, 0) is 13.8 Å². The third kappa shape index (κ3) is 4.47. The number of hydrogen-bond acceptors (Lipinski definition) is 6. The van der Waals surface area contributed by atoms with Gasteiger partial charge in [0.1, 0.15) is 23.1 Å². The highest BCUT2D eigenvalue weighted by Gasteiger charge is 2.69. The van der Waals surface area contributed by atoms with E-state index in [1.54, 1.807) is 13.8 Å². The van der Waals surface area contributed by atoms with Crippen LogP contribution in [0.15, 0.2) is 18.2 Å². The Labute approximate surface area is 199 Å². The monoisotopic (exact) mass is 494 g/mol. The second-order valence-electron chi connectivity index (χ2n) is 9.66. The van der Waals surface area contributed by atoms with Crippen molar-refractivity contribution in [2.45, 2.75) is 69.5 Å². The van der Waals surface area contributed by atoms with Crippen molar-refractivity contribution in [1.82, 2.24) is 15.3 Å². The Morgan fingerprint density at radius 3 is 2.46 bits per heavy atom. The second kappa shape index (κ2) is 8.70. The average molecular weight is 494 g/mol. The molecule has 4 fully saturated rings. The Morgan fingerprint density at radius 2 is 1.83 bits per heavy atom. The van der Waals surface area contributed by atoms with E-state index in [1.807, 2.05) is 0 Å². The van der Waals surface area contributed by atoms with Crippen LogP contribution in [0.4, 0.5) is 23.4 Å². The Balaban J connectivity index is 1.42. The molecule has 0 unspecified atom stereocenters. The Morgan fingerprint density at radius 1 is 1.17 bits per heavy atom. The lowest BCUT2D eigenvalue weighted by atomic mass is 9.47. The largest absolute Gasteiger partial charge is 0.363 e. The van der Waals surface area contributed by atoms with Gasteiger partial charge in [-0.3, -0.25) is 4.79 Å². The number of carbonyl (C=O) groups is 1. The number of nitrogens with zero attached hydrogens (tertiary/aromatic N) is 2. The van der Waals surface area contributed by atoms with E-state index in [2.05, 4.69) is 20.6 Å². The number of ether oxygens (including phenoxy) is 2. The van der Waals surface area contributed by atoms with E-state index in [-0.39, 0.29) is 23.7 Å². The molecule has 3 saturated carbocycles. The molecule has 0 radical (unpaired) electrons. The molecule has 4 aliphatic rings. The SMILES string of the molecule is Cc1nc(CC(=O)NC23CC(F)(C2)C3)c(C2OCCO2)c(N[C@H](C)c2cccc(C(F)F)c2F)n1. The number of halogens is 4.